The molecule has 190 valence electrons. The molecule has 8 heteroatoms. The molecule has 4 aliphatic rings. The minimum absolute atomic E-state index is 0.0349. The van der Waals surface area contributed by atoms with E-state index >= 15 is 0 Å². The number of benzene rings is 1. The number of carbonyl (C=O) groups is 3. The first-order valence-corrected chi connectivity index (χ1v) is 14.0. The van der Waals surface area contributed by atoms with Crippen molar-refractivity contribution in [2.75, 3.05) is 13.7 Å². The molecule has 1 spiro atoms. The summed E-state index contributed by atoms with van der Waals surface area (Å²) in [7, 11) is 1.62. The summed E-state index contributed by atoms with van der Waals surface area (Å²) in [6.45, 7) is 1.90. The van der Waals surface area contributed by atoms with Crippen molar-refractivity contribution in [3.63, 3.8) is 0 Å². The molecule has 1 aliphatic carbocycles. The molecule has 5 rings (SSSR count). The fourth-order valence-corrected chi connectivity index (χ4v) is 9.69. The molecule has 7 atom stereocenters. The fourth-order valence-electron chi connectivity index (χ4n) is 7.28. The Morgan fingerprint density at radius 2 is 1.89 bits per heavy atom. The Morgan fingerprint density at radius 3 is 2.54 bits per heavy atom. The molecule has 3 unspecified atom stereocenters. The van der Waals surface area contributed by atoms with Crippen molar-refractivity contribution >= 4 is 29.5 Å². The molecule has 3 amide bonds. The van der Waals surface area contributed by atoms with Crippen molar-refractivity contribution < 1.29 is 19.5 Å². The minimum atomic E-state index is -0.692. The summed E-state index contributed by atoms with van der Waals surface area (Å²) >= 11 is 1.68. The number of carbonyl (C=O) groups excluding carboxylic acids is 3. The van der Waals surface area contributed by atoms with Crippen LogP contribution in [0.3, 0.4) is 0 Å². The van der Waals surface area contributed by atoms with Crippen molar-refractivity contribution in [1.82, 2.24) is 15.5 Å². The lowest BCUT2D eigenvalue weighted by Gasteiger charge is -2.41. The molecular formula is C27H37N3O4S. The second-order valence-electron chi connectivity index (χ2n) is 10.8. The van der Waals surface area contributed by atoms with Crippen LogP contribution in [0.4, 0.5) is 0 Å². The smallest absolute Gasteiger partial charge is 0.244 e. The van der Waals surface area contributed by atoms with Gasteiger partial charge in [0.25, 0.3) is 0 Å². The molecule has 3 N–H and O–H groups in total. The first-order valence-electron chi connectivity index (χ1n) is 13.1. The van der Waals surface area contributed by atoms with Crippen molar-refractivity contribution in [2.24, 2.45) is 17.8 Å². The minimum Gasteiger partial charge on any atom is -0.394 e. The number of amides is 3. The zero-order valence-corrected chi connectivity index (χ0v) is 21.4. The summed E-state index contributed by atoms with van der Waals surface area (Å²) in [5, 5.41) is 16.6. The van der Waals surface area contributed by atoms with Crippen LogP contribution in [0.25, 0.3) is 0 Å². The highest BCUT2D eigenvalue weighted by Crippen LogP contribution is 2.68. The highest BCUT2D eigenvalue weighted by atomic mass is 32.2. The van der Waals surface area contributed by atoms with Crippen molar-refractivity contribution in [1.29, 1.82) is 0 Å². The third-order valence-electron chi connectivity index (χ3n) is 8.85. The number of aliphatic hydroxyl groups excluding tert-OH is 1. The number of rotatable bonds is 7. The Labute approximate surface area is 211 Å². The average molecular weight is 500 g/mol. The maximum absolute atomic E-state index is 14.2. The van der Waals surface area contributed by atoms with Crippen molar-refractivity contribution in [3.05, 3.63) is 35.9 Å². The van der Waals surface area contributed by atoms with Crippen LogP contribution >= 0.6 is 11.8 Å². The van der Waals surface area contributed by atoms with E-state index in [-0.39, 0.29) is 41.5 Å². The van der Waals surface area contributed by atoms with E-state index in [1.165, 1.54) is 6.42 Å². The van der Waals surface area contributed by atoms with E-state index < -0.39 is 28.7 Å². The average Bonchev–Trinajstić information content (AvgIpc) is 3.47. The number of thioether (sulfide) groups is 1. The topological polar surface area (TPSA) is 98.7 Å². The maximum atomic E-state index is 14.2. The van der Waals surface area contributed by atoms with Crippen LogP contribution in [0.5, 0.6) is 0 Å². The molecule has 0 radical (unpaired) electrons. The Hall–Kier alpha value is -2.06. The van der Waals surface area contributed by atoms with Gasteiger partial charge in [0.15, 0.2) is 0 Å². The molecule has 3 saturated heterocycles. The van der Waals surface area contributed by atoms with Gasteiger partial charge in [-0.15, -0.1) is 11.8 Å². The molecule has 7 nitrogen and oxygen atoms in total. The quantitative estimate of drug-likeness (QED) is 0.534. The molecule has 1 aromatic rings. The van der Waals surface area contributed by atoms with Crippen LogP contribution in [-0.2, 0) is 20.8 Å². The number of nitrogens with zero attached hydrogens (tertiary/aromatic N) is 1. The molecule has 3 aliphatic heterocycles. The predicted octanol–water partition coefficient (Wildman–Crippen LogP) is 2.12. The van der Waals surface area contributed by atoms with Crippen LogP contribution in [0.15, 0.2) is 30.3 Å². The number of fused-ring (bicyclic) bond motifs is 1. The molecule has 3 heterocycles. The Balaban J connectivity index is 1.54. The lowest BCUT2D eigenvalue weighted by atomic mass is 9.66. The number of likely N-dealkylation sites (tertiary alicyclic amines) is 1. The van der Waals surface area contributed by atoms with Gasteiger partial charge in [-0.25, -0.2) is 0 Å². The molecule has 1 aromatic carbocycles. The summed E-state index contributed by atoms with van der Waals surface area (Å²) in [6, 6.07) is 8.69. The van der Waals surface area contributed by atoms with Crippen LogP contribution in [0.2, 0.25) is 0 Å². The van der Waals surface area contributed by atoms with Crippen molar-refractivity contribution in [2.45, 2.75) is 80.0 Å². The summed E-state index contributed by atoms with van der Waals surface area (Å²) < 4.78 is -0.651. The molecule has 35 heavy (non-hydrogen) atoms. The maximum Gasteiger partial charge on any atom is 0.244 e. The van der Waals surface area contributed by atoms with Gasteiger partial charge >= 0.3 is 0 Å². The molecular weight excluding hydrogens is 462 g/mol. The van der Waals surface area contributed by atoms with Crippen LogP contribution < -0.4 is 10.6 Å². The van der Waals surface area contributed by atoms with Gasteiger partial charge in [-0.2, -0.15) is 0 Å². The second-order valence-corrected chi connectivity index (χ2v) is 12.3. The second kappa shape index (κ2) is 9.77. The molecule has 2 bridgehead atoms. The summed E-state index contributed by atoms with van der Waals surface area (Å²) in [5.74, 6) is -1.26. The first kappa shape index (κ1) is 24.6. The van der Waals surface area contributed by atoms with Gasteiger partial charge in [0.1, 0.15) is 6.04 Å². The number of aliphatic hydroxyl groups is 1. The van der Waals surface area contributed by atoms with Crippen molar-refractivity contribution in [3.8, 4) is 0 Å². The van der Waals surface area contributed by atoms with E-state index in [0.717, 1.165) is 37.7 Å². The number of hydrogen-bond acceptors (Lipinski definition) is 5. The lowest BCUT2D eigenvalue weighted by Crippen LogP contribution is -2.60. The van der Waals surface area contributed by atoms with Crippen LogP contribution in [0, 0.1) is 17.8 Å². The van der Waals surface area contributed by atoms with Gasteiger partial charge in [0.05, 0.1) is 29.2 Å². The third kappa shape index (κ3) is 3.97. The zero-order chi connectivity index (χ0) is 24.7. The third-order valence-corrected chi connectivity index (χ3v) is 10.9. The first-order chi connectivity index (χ1) is 16.9. The van der Waals surface area contributed by atoms with Crippen LogP contribution in [0.1, 0.15) is 51.0 Å². The highest BCUT2D eigenvalue weighted by Gasteiger charge is 2.76. The van der Waals surface area contributed by atoms with E-state index in [0.29, 0.717) is 6.42 Å². The monoisotopic (exact) mass is 499 g/mol. The summed E-state index contributed by atoms with van der Waals surface area (Å²) in [4.78, 5) is 42.9. The standard InChI is InChI=1S/C27H37N3O4S/c1-16-13-20-21(24(32)28-2)22-26(34)30(19(15-31)14-17-9-5-3-6-10-17)23(27(16,22)35-20)25(33)29-18-11-7-4-8-12-18/h3,5-6,9-10,16,18-23,31H,4,7-8,11-15H2,1-2H3,(H,28,32)(H,29,33)/t16?,19-,20+,21-,22+,23?,27?/m1/s1. The molecule has 1 saturated carbocycles. The Morgan fingerprint density at radius 1 is 1.17 bits per heavy atom. The Bertz CT molecular complexity index is 968. The van der Waals surface area contributed by atoms with E-state index in [2.05, 4.69) is 17.6 Å². The van der Waals surface area contributed by atoms with E-state index in [9.17, 15) is 19.5 Å². The SMILES string of the molecule is CNC(=O)[C@@H]1[C@@H]2CC(C)C3(S2)C(C(=O)NC2CCCCC2)N([C@@H](CO)Cc2ccccc2)C(=O)[C@H]13. The highest BCUT2D eigenvalue weighted by molar-refractivity contribution is 8.02. The van der Waals surface area contributed by atoms with E-state index in [1.54, 1.807) is 23.7 Å². The Kier molecular flexibility index (Phi) is 6.87. The van der Waals surface area contributed by atoms with Gasteiger partial charge in [-0.1, -0.05) is 56.5 Å². The summed E-state index contributed by atoms with van der Waals surface area (Å²) in [6.07, 6.45) is 6.60. The van der Waals surface area contributed by atoms with Gasteiger partial charge in [-0.3, -0.25) is 14.4 Å². The lowest BCUT2D eigenvalue weighted by molar-refractivity contribution is -0.142. The van der Waals surface area contributed by atoms with Gasteiger partial charge < -0.3 is 20.6 Å². The normalized spacial score (nSPS) is 35.1. The zero-order valence-electron chi connectivity index (χ0n) is 20.6. The fraction of sp³-hybridized carbons (Fsp3) is 0.667. The predicted molar refractivity (Wildman–Crippen MR) is 136 cm³/mol. The molecule has 0 aromatic heterocycles. The van der Waals surface area contributed by atoms with Gasteiger partial charge in [0, 0.05) is 18.3 Å². The van der Waals surface area contributed by atoms with E-state index in [1.807, 2.05) is 30.3 Å². The van der Waals surface area contributed by atoms with E-state index in [4.69, 9.17) is 0 Å². The van der Waals surface area contributed by atoms with Gasteiger partial charge in [-0.05, 0) is 37.2 Å². The molecule has 4 fully saturated rings. The van der Waals surface area contributed by atoms with Crippen LogP contribution in [-0.4, -0.2) is 69.5 Å². The number of nitrogens with one attached hydrogen (secondary N) is 2. The number of hydrogen-bond donors (Lipinski definition) is 3. The van der Waals surface area contributed by atoms with Gasteiger partial charge in [0.2, 0.25) is 17.7 Å². The summed E-state index contributed by atoms with van der Waals surface area (Å²) in [5.41, 5.74) is 1.01. The largest absolute Gasteiger partial charge is 0.394 e.